The number of carboxylic acid groups (broad SMARTS) is 1. The number of nitrogens with one attached hydrogen (secondary N) is 4. The molecule has 1 heterocycles. The highest BCUT2D eigenvalue weighted by Crippen LogP contribution is 2.19. The van der Waals surface area contributed by atoms with Crippen LogP contribution in [-0.4, -0.2) is 33.8 Å². The van der Waals surface area contributed by atoms with Crippen molar-refractivity contribution in [2.75, 3.05) is 10.6 Å². The zero-order valence-corrected chi connectivity index (χ0v) is 18.1. The molecule has 0 spiro atoms. The van der Waals surface area contributed by atoms with Crippen molar-refractivity contribution in [3.05, 3.63) is 89.7 Å². The largest absolute Gasteiger partial charge is 0.481 e. The number of anilines is 2. The monoisotopic (exact) mass is 460 g/mol. The quantitative estimate of drug-likeness (QED) is 0.212. The fourth-order valence-corrected chi connectivity index (χ4v) is 3.24. The second kappa shape index (κ2) is 11.2. The Labute approximate surface area is 195 Å². The van der Waals surface area contributed by atoms with Crippen LogP contribution < -0.4 is 21.7 Å². The Hall–Kier alpha value is -4.73. The van der Waals surface area contributed by atoms with Crippen molar-refractivity contribution in [1.82, 2.24) is 10.3 Å². The van der Waals surface area contributed by atoms with E-state index in [0.717, 1.165) is 0 Å². The first-order valence-corrected chi connectivity index (χ1v) is 10.3. The Balaban J connectivity index is 1.65. The Morgan fingerprint density at radius 3 is 2.38 bits per heavy atom. The predicted octanol–water partition coefficient (Wildman–Crippen LogP) is 2.88. The Kier molecular flexibility index (Phi) is 7.90. The van der Waals surface area contributed by atoms with Gasteiger partial charge in [0, 0.05) is 29.3 Å². The van der Waals surface area contributed by atoms with E-state index in [1.54, 1.807) is 66.9 Å². The highest BCUT2D eigenvalue weighted by atomic mass is 16.4. The molecule has 0 saturated carbocycles. The lowest BCUT2D eigenvalue weighted by Crippen LogP contribution is -2.31. The maximum atomic E-state index is 12.7. The molecule has 7 N–H and O–H groups in total. The molecule has 0 fully saturated rings. The number of aromatic nitrogens is 1. The third kappa shape index (κ3) is 6.89. The van der Waals surface area contributed by atoms with Crippen LogP contribution in [0.5, 0.6) is 0 Å². The van der Waals surface area contributed by atoms with Crippen molar-refractivity contribution in [1.29, 1.82) is 5.41 Å². The summed E-state index contributed by atoms with van der Waals surface area (Å²) in [7, 11) is 0. The minimum absolute atomic E-state index is 0.0693. The van der Waals surface area contributed by atoms with Gasteiger partial charge in [-0.05, 0) is 47.5 Å². The van der Waals surface area contributed by atoms with E-state index in [9.17, 15) is 19.5 Å². The van der Waals surface area contributed by atoms with Crippen molar-refractivity contribution in [3.63, 3.8) is 0 Å². The molecule has 0 aliphatic rings. The Morgan fingerprint density at radius 1 is 1.00 bits per heavy atom. The molecule has 0 unspecified atom stereocenters. The molecule has 1 atom stereocenters. The minimum Gasteiger partial charge on any atom is -0.481 e. The summed E-state index contributed by atoms with van der Waals surface area (Å²) >= 11 is 0. The number of nitrogen functional groups attached to an aromatic ring is 1. The number of rotatable bonds is 9. The average Bonchev–Trinajstić information content (AvgIpc) is 2.80. The van der Waals surface area contributed by atoms with Crippen molar-refractivity contribution < 1.29 is 19.5 Å². The molecule has 10 nitrogen and oxygen atoms in total. The molecular formula is C24H24N6O4. The summed E-state index contributed by atoms with van der Waals surface area (Å²) in [5.74, 6) is -1.52. The molecule has 3 rings (SSSR count). The summed E-state index contributed by atoms with van der Waals surface area (Å²) in [5, 5.41) is 24.8. The average molecular weight is 460 g/mol. The van der Waals surface area contributed by atoms with E-state index in [2.05, 4.69) is 20.9 Å². The van der Waals surface area contributed by atoms with Gasteiger partial charge in [-0.1, -0.05) is 24.3 Å². The van der Waals surface area contributed by atoms with Crippen LogP contribution in [0.1, 0.15) is 29.2 Å². The predicted molar refractivity (Wildman–Crippen MR) is 128 cm³/mol. The molecule has 0 aliphatic heterocycles. The van der Waals surface area contributed by atoms with Crippen molar-refractivity contribution >= 4 is 35.1 Å². The number of benzene rings is 2. The number of urea groups is 1. The van der Waals surface area contributed by atoms with Crippen molar-refractivity contribution in [2.24, 2.45) is 5.73 Å². The van der Waals surface area contributed by atoms with Crippen LogP contribution in [0, 0.1) is 5.41 Å². The molecule has 0 bridgehead atoms. The van der Waals surface area contributed by atoms with Gasteiger partial charge in [0.05, 0.1) is 18.9 Å². The minimum atomic E-state index is -1.05. The van der Waals surface area contributed by atoms with Gasteiger partial charge in [0.2, 0.25) is 5.91 Å². The number of pyridine rings is 1. The zero-order valence-electron chi connectivity index (χ0n) is 18.1. The fourth-order valence-electron chi connectivity index (χ4n) is 3.24. The SMILES string of the molecule is N=C(N)c1ccc(NC(=O)Nc2ccccc2CC(=O)N[C@@H](CC(=O)O)c2cccnc2)cc1. The zero-order chi connectivity index (χ0) is 24.5. The Bertz CT molecular complexity index is 1180. The summed E-state index contributed by atoms with van der Waals surface area (Å²) in [5.41, 5.74) is 8.05. The first kappa shape index (κ1) is 23.9. The molecule has 10 heteroatoms. The normalized spacial score (nSPS) is 11.2. The number of para-hydroxylation sites is 1. The third-order valence-electron chi connectivity index (χ3n) is 4.87. The van der Waals surface area contributed by atoms with Crippen LogP contribution in [0.25, 0.3) is 0 Å². The molecule has 0 aliphatic carbocycles. The number of nitrogens with zero attached hydrogens (tertiary/aromatic N) is 1. The van der Waals surface area contributed by atoms with Gasteiger partial charge >= 0.3 is 12.0 Å². The van der Waals surface area contributed by atoms with Gasteiger partial charge in [0.25, 0.3) is 0 Å². The van der Waals surface area contributed by atoms with Crippen LogP contribution in [0.15, 0.2) is 73.1 Å². The molecule has 0 radical (unpaired) electrons. The van der Waals surface area contributed by atoms with Crippen molar-refractivity contribution in [2.45, 2.75) is 18.9 Å². The molecule has 34 heavy (non-hydrogen) atoms. The lowest BCUT2D eigenvalue weighted by molar-refractivity contribution is -0.137. The number of carboxylic acids is 1. The van der Waals surface area contributed by atoms with Crippen LogP contribution in [0.3, 0.4) is 0 Å². The number of aliphatic carboxylic acids is 1. The number of amidine groups is 1. The van der Waals surface area contributed by atoms with E-state index >= 15 is 0 Å². The van der Waals surface area contributed by atoms with Gasteiger partial charge in [-0.3, -0.25) is 20.0 Å². The number of nitrogens with two attached hydrogens (primary N) is 1. The molecule has 0 saturated heterocycles. The standard InChI is InChI=1S/C24H24N6O4/c25-23(26)15-7-9-18(10-8-15)28-24(34)30-19-6-2-1-4-16(19)12-21(31)29-20(13-22(32)33)17-5-3-11-27-14-17/h1-11,14,20H,12-13H2,(H3,25,26)(H,29,31)(H,32,33)(H2,28,30,34)/t20-/m0/s1. The van der Waals surface area contributed by atoms with E-state index in [1.807, 2.05) is 0 Å². The highest BCUT2D eigenvalue weighted by Gasteiger charge is 2.19. The summed E-state index contributed by atoms with van der Waals surface area (Å²) in [6.07, 6.45) is 2.72. The van der Waals surface area contributed by atoms with E-state index < -0.39 is 23.9 Å². The fraction of sp³-hybridized carbons (Fsp3) is 0.125. The van der Waals surface area contributed by atoms with Gasteiger partial charge in [0.15, 0.2) is 0 Å². The van der Waals surface area contributed by atoms with Crippen LogP contribution in [0.4, 0.5) is 16.2 Å². The van der Waals surface area contributed by atoms with E-state index in [1.165, 1.54) is 6.20 Å². The van der Waals surface area contributed by atoms with Crippen LogP contribution in [0.2, 0.25) is 0 Å². The molecule has 1 aromatic heterocycles. The number of carbonyl (C=O) groups excluding carboxylic acids is 2. The van der Waals surface area contributed by atoms with Crippen LogP contribution in [-0.2, 0) is 16.0 Å². The van der Waals surface area contributed by atoms with E-state index in [-0.39, 0.29) is 18.7 Å². The molecule has 2 aromatic carbocycles. The first-order chi connectivity index (χ1) is 16.3. The topological polar surface area (TPSA) is 170 Å². The maximum absolute atomic E-state index is 12.7. The first-order valence-electron chi connectivity index (χ1n) is 10.3. The van der Waals surface area contributed by atoms with Gasteiger partial charge in [-0.2, -0.15) is 0 Å². The number of carbonyl (C=O) groups is 3. The maximum Gasteiger partial charge on any atom is 0.323 e. The summed E-state index contributed by atoms with van der Waals surface area (Å²) < 4.78 is 0. The van der Waals surface area contributed by atoms with Crippen molar-refractivity contribution in [3.8, 4) is 0 Å². The van der Waals surface area contributed by atoms with Gasteiger partial charge < -0.3 is 26.8 Å². The lowest BCUT2D eigenvalue weighted by Gasteiger charge is -2.18. The lowest BCUT2D eigenvalue weighted by atomic mass is 10.0. The number of hydrogen-bond donors (Lipinski definition) is 6. The van der Waals surface area contributed by atoms with Gasteiger partial charge in [-0.15, -0.1) is 0 Å². The molecule has 3 aromatic rings. The van der Waals surface area contributed by atoms with Gasteiger partial charge in [0.1, 0.15) is 5.84 Å². The van der Waals surface area contributed by atoms with E-state index in [0.29, 0.717) is 28.1 Å². The summed E-state index contributed by atoms with van der Waals surface area (Å²) in [4.78, 5) is 40.4. The Morgan fingerprint density at radius 2 is 1.74 bits per heavy atom. The number of amides is 3. The summed E-state index contributed by atoms with van der Waals surface area (Å²) in [6, 6.07) is 15.4. The second-order valence-corrected chi connectivity index (χ2v) is 7.41. The third-order valence-corrected chi connectivity index (χ3v) is 4.87. The molecule has 3 amide bonds. The summed E-state index contributed by atoms with van der Waals surface area (Å²) in [6.45, 7) is 0. The smallest absolute Gasteiger partial charge is 0.323 e. The molecular weight excluding hydrogens is 436 g/mol. The molecule has 174 valence electrons. The van der Waals surface area contributed by atoms with E-state index in [4.69, 9.17) is 11.1 Å². The van der Waals surface area contributed by atoms with Crippen LogP contribution >= 0.6 is 0 Å². The number of hydrogen-bond acceptors (Lipinski definition) is 5. The van der Waals surface area contributed by atoms with Gasteiger partial charge in [-0.25, -0.2) is 4.79 Å². The highest BCUT2D eigenvalue weighted by molar-refractivity contribution is 6.01. The second-order valence-electron chi connectivity index (χ2n) is 7.41.